The number of aromatic amines is 1. The Morgan fingerprint density at radius 3 is 3.00 bits per heavy atom. The summed E-state index contributed by atoms with van der Waals surface area (Å²) in [6, 6.07) is 4.30. The number of carbonyl (C=O) groups is 1. The maximum Gasteiger partial charge on any atom is 0.407 e. The monoisotopic (exact) mass is 367 g/mol. The van der Waals surface area contributed by atoms with Crippen LogP contribution >= 0.6 is 0 Å². The number of pyridine rings is 1. The fraction of sp³-hybridized carbons (Fsp3) is 0.450. The van der Waals surface area contributed by atoms with Crippen LogP contribution in [0.5, 0.6) is 0 Å². The molecule has 0 radical (unpaired) electrons. The van der Waals surface area contributed by atoms with Gasteiger partial charge in [-0.1, -0.05) is 0 Å². The van der Waals surface area contributed by atoms with Crippen molar-refractivity contribution < 1.29 is 9.53 Å². The second-order valence-electron chi connectivity index (χ2n) is 7.54. The minimum absolute atomic E-state index is 0.0350. The third kappa shape index (κ3) is 3.54. The lowest BCUT2D eigenvalue weighted by molar-refractivity contribution is 0.0982. The van der Waals surface area contributed by atoms with E-state index in [0.29, 0.717) is 5.92 Å². The number of H-pyrrole nitrogens is 1. The number of nitrogens with zero attached hydrogens (tertiary/aromatic N) is 3. The normalized spacial score (nSPS) is 19.7. The van der Waals surface area contributed by atoms with Gasteiger partial charge in [0.15, 0.2) is 0 Å². The number of amides is 1. The molecule has 1 aliphatic rings. The largest absolute Gasteiger partial charge is 0.446 e. The first-order chi connectivity index (χ1) is 13.0. The van der Waals surface area contributed by atoms with Crippen LogP contribution in [0.15, 0.2) is 30.7 Å². The van der Waals surface area contributed by atoms with Crippen molar-refractivity contribution in [3.8, 4) is 11.3 Å². The molecule has 0 aliphatic heterocycles. The fourth-order valence-corrected chi connectivity index (χ4v) is 3.86. The third-order valence-electron chi connectivity index (χ3n) is 5.19. The molecule has 1 aliphatic carbocycles. The highest BCUT2D eigenvalue weighted by Crippen LogP contribution is 2.38. The molecule has 2 N–H and O–H groups in total. The van der Waals surface area contributed by atoms with E-state index in [9.17, 15) is 4.79 Å². The predicted molar refractivity (Wildman–Crippen MR) is 103 cm³/mol. The zero-order valence-electron chi connectivity index (χ0n) is 15.9. The zero-order valence-corrected chi connectivity index (χ0v) is 15.9. The van der Waals surface area contributed by atoms with Crippen LogP contribution in [0, 0.1) is 0 Å². The van der Waals surface area contributed by atoms with Crippen molar-refractivity contribution in [1.29, 1.82) is 0 Å². The molecule has 2 atom stereocenters. The van der Waals surface area contributed by atoms with Crippen molar-refractivity contribution >= 4 is 17.1 Å². The standard InChI is InChI=1S/C20H25N5O2/c1-12(2)24-20(26)27-15-5-4-13(8-15)14-9-16-17(11-22-19(16)21-10-14)18-6-7-23-25(18)3/h6-7,9-13,15H,4-5,8H2,1-3H3,(H,21,22)(H,24,26)/t13-,15+/m0/s1. The van der Waals surface area contributed by atoms with Gasteiger partial charge in [-0.2, -0.15) is 5.10 Å². The number of fused-ring (bicyclic) bond motifs is 1. The molecule has 3 heterocycles. The summed E-state index contributed by atoms with van der Waals surface area (Å²) < 4.78 is 7.42. The van der Waals surface area contributed by atoms with Crippen LogP contribution in [0.4, 0.5) is 4.79 Å². The SMILES string of the molecule is CC(C)NC(=O)O[C@@H]1CC[C@H](c2cnc3[nH]cc(-c4ccnn4C)c3c2)C1. The molecule has 1 amide bonds. The fourth-order valence-electron chi connectivity index (χ4n) is 3.86. The lowest BCUT2D eigenvalue weighted by Gasteiger charge is -2.15. The third-order valence-corrected chi connectivity index (χ3v) is 5.19. The van der Waals surface area contributed by atoms with E-state index in [1.54, 1.807) is 6.20 Å². The van der Waals surface area contributed by atoms with Gasteiger partial charge in [-0.25, -0.2) is 9.78 Å². The second-order valence-corrected chi connectivity index (χ2v) is 7.54. The summed E-state index contributed by atoms with van der Waals surface area (Å²) in [6.45, 7) is 3.85. The van der Waals surface area contributed by atoms with E-state index in [4.69, 9.17) is 4.74 Å². The summed E-state index contributed by atoms with van der Waals surface area (Å²) in [6.07, 6.45) is 8.08. The zero-order chi connectivity index (χ0) is 19.0. The van der Waals surface area contributed by atoms with Gasteiger partial charge in [0.1, 0.15) is 11.8 Å². The van der Waals surface area contributed by atoms with E-state index >= 15 is 0 Å². The number of aryl methyl sites for hydroxylation is 1. The average Bonchev–Trinajstić information content (AvgIpc) is 3.33. The minimum atomic E-state index is -0.326. The number of nitrogens with one attached hydrogen (secondary N) is 2. The number of carbonyl (C=O) groups excluding carboxylic acids is 1. The highest BCUT2D eigenvalue weighted by molar-refractivity contribution is 5.92. The number of rotatable bonds is 4. The molecule has 0 saturated heterocycles. The van der Waals surface area contributed by atoms with Crippen molar-refractivity contribution in [2.24, 2.45) is 7.05 Å². The summed E-state index contributed by atoms with van der Waals surface area (Å²) in [4.78, 5) is 19.7. The molecule has 0 unspecified atom stereocenters. The van der Waals surface area contributed by atoms with Crippen LogP contribution in [0.3, 0.4) is 0 Å². The lowest BCUT2D eigenvalue weighted by atomic mass is 9.97. The maximum atomic E-state index is 11.8. The molecular formula is C20H25N5O2. The van der Waals surface area contributed by atoms with E-state index in [2.05, 4.69) is 26.4 Å². The van der Waals surface area contributed by atoms with Gasteiger partial charge in [0, 0.05) is 42.6 Å². The summed E-state index contributed by atoms with van der Waals surface area (Å²) in [5.41, 5.74) is 4.22. The molecule has 4 rings (SSSR count). The lowest BCUT2D eigenvalue weighted by Crippen LogP contribution is -2.33. The van der Waals surface area contributed by atoms with Crippen molar-refractivity contribution in [1.82, 2.24) is 25.1 Å². The Bertz CT molecular complexity index is 958. The van der Waals surface area contributed by atoms with Crippen molar-refractivity contribution in [3.63, 3.8) is 0 Å². The van der Waals surface area contributed by atoms with E-state index in [-0.39, 0.29) is 18.2 Å². The molecule has 3 aromatic rings. The van der Waals surface area contributed by atoms with Gasteiger partial charge in [-0.05, 0) is 56.7 Å². The summed E-state index contributed by atoms with van der Waals surface area (Å²) in [5, 5.41) is 8.15. The quantitative estimate of drug-likeness (QED) is 0.736. The summed E-state index contributed by atoms with van der Waals surface area (Å²) in [5.74, 6) is 0.355. The number of alkyl carbamates (subject to hydrolysis) is 1. The molecule has 7 nitrogen and oxygen atoms in total. The highest BCUT2D eigenvalue weighted by Gasteiger charge is 2.29. The average molecular weight is 367 g/mol. The van der Waals surface area contributed by atoms with Crippen LogP contribution < -0.4 is 5.32 Å². The first kappa shape index (κ1) is 17.6. The highest BCUT2D eigenvalue weighted by atomic mass is 16.6. The molecule has 3 aromatic heterocycles. The van der Waals surface area contributed by atoms with Gasteiger partial charge in [0.2, 0.25) is 0 Å². The Labute approximate surface area is 158 Å². The Balaban J connectivity index is 1.53. The Hall–Kier alpha value is -2.83. The predicted octanol–water partition coefficient (Wildman–Crippen LogP) is 3.73. The molecule has 0 bridgehead atoms. The molecule has 7 heteroatoms. The van der Waals surface area contributed by atoms with Gasteiger partial charge >= 0.3 is 6.09 Å². The molecule has 1 fully saturated rings. The van der Waals surface area contributed by atoms with Gasteiger partial charge in [0.05, 0.1) is 5.69 Å². The van der Waals surface area contributed by atoms with Gasteiger partial charge < -0.3 is 15.0 Å². The Morgan fingerprint density at radius 1 is 1.41 bits per heavy atom. The van der Waals surface area contributed by atoms with Gasteiger partial charge in [-0.3, -0.25) is 4.68 Å². The minimum Gasteiger partial charge on any atom is -0.446 e. The number of aromatic nitrogens is 4. The van der Waals surface area contributed by atoms with Gasteiger partial charge in [0.25, 0.3) is 0 Å². The van der Waals surface area contributed by atoms with Crippen LogP contribution in [0.2, 0.25) is 0 Å². The topological polar surface area (TPSA) is 84.8 Å². The summed E-state index contributed by atoms with van der Waals surface area (Å²) >= 11 is 0. The Kier molecular flexibility index (Phi) is 4.59. The Morgan fingerprint density at radius 2 is 2.26 bits per heavy atom. The molecule has 142 valence electrons. The van der Waals surface area contributed by atoms with Crippen molar-refractivity contribution in [3.05, 3.63) is 36.3 Å². The van der Waals surface area contributed by atoms with E-state index in [1.165, 1.54) is 5.56 Å². The van der Waals surface area contributed by atoms with E-state index in [0.717, 1.165) is 41.6 Å². The number of hydrogen-bond donors (Lipinski definition) is 2. The van der Waals surface area contributed by atoms with Gasteiger partial charge in [-0.15, -0.1) is 0 Å². The first-order valence-electron chi connectivity index (χ1n) is 9.44. The van der Waals surface area contributed by atoms with Crippen molar-refractivity contribution in [2.75, 3.05) is 0 Å². The van der Waals surface area contributed by atoms with Crippen LogP contribution in [0.25, 0.3) is 22.3 Å². The molecule has 27 heavy (non-hydrogen) atoms. The number of ether oxygens (including phenoxy) is 1. The van der Waals surface area contributed by atoms with Crippen LogP contribution in [-0.2, 0) is 11.8 Å². The van der Waals surface area contributed by atoms with E-state index in [1.807, 2.05) is 44.0 Å². The summed E-state index contributed by atoms with van der Waals surface area (Å²) in [7, 11) is 1.94. The van der Waals surface area contributed by atoms with Crippen LogP contribution in [-0.4, -0.2) is 38.0 Å². The molecule has 0 spiro atoms. The smallest absolute Gasteiger partial charge is 0.407 e. The molecule has 0 aromatic carbocycles. The van der Waals surface area contributed by atoms with E-state index < -0.39 is 0 Å². The second kappa shape index (κ2) is 7.06. The molecular weight excluding hydrogens is 342 g/mol. The first-order valence-corrected chi connectivity index (χ1v) is 9.44. The molecule has 1 saturated carbocycles. The number of hydrogen-bond acceptors (Lipinski definition) is 4. The maximum absolute atomic E-state index is 11.8. The van der Waals surface area contributed by atoms with Crippen LogP contribution in [0.1, 0.15) is 44.6 Å². The van der Waals surface area contributed by atoms with Crippen molar-refractivity contribution in [2.45, 2.75) is 51.2 Å².